The van der Waals surface area contributed by atoms with Gasteiger partial charge in [0.25, 0.3) is 0 Å². The van der Waals surface area contributed by atoms with Crippen LogP contribution in [0.25, 0.3) is 0 Å². The normalized spacial score (nSPS) is 14.9. The Balaban J connectivity index is 1.27. The average Bonchev–Trinajstić information content (AvgIpc) is 2.80. The lowest BCUT2D eigenvalue weighted by Gasteiger charge is -2.32. The summed E-state index contributed by atoms with van der Waals surface area (Å²) in [6.45, 7) is 5.11. The summed E-state index contributed by atoms with van der Waals surface area (Å²) in [5.74, 6) is 0.167. The predicted molar refractivity (Wildman–Crippen MR) is 121 cm³/mol. The highest BCUT2D eigenvalue weighted by Crippen LogP contribution is 2.18. The van der Waals surface area contributed by atoms with Gasteiger partial charge in [-0.25, -0.2) is 14.8 Å². The minimum absolute atomic E-state index is 0.237. The Kier molecular flexibility index (Phi) is 6.89. The summed E-state index contributed by atoms with van der Waals surface area (Å²) in [6, 6.07) is 20.5. The van der Waals surface area contributed by atoms with Crippen LogP contribution in [-0.4, -0.2) is 40.0 Å². The Hall–Kier alpha value is -3.25. The number of nitrogens with one attached hydrogen (secondary N) is 1. The van der Waals surface area contributed by atoms with Crippen molar-refractivity contribution >= 4 is 11.9 Å². The molecule has 0 unspecified atom stereocenters. The highest BCUT2D eigenvalue weighted by Gasteiger charge is 2.21. The largest absolute Gasteiger partial charge is 0.457 e. The molecule has 0 saturated carbocycles. The molecule has 1 aliphatic rings. The van der Waals surface area contributed by atoms with Crippen molar-refractivity contribution in [1.82, 2.24) is 14.9 Å². The maximum absolute atomic E-state index is 12.4. The van der Waals surface area contributed by atoms with Crippen LogP contribution in [0, 0.1) is 6.92 Å². The van der Waals surface area contributed by atoms with Crippen LogP contribution in [0.3, 0.4) is 0 Å². The molecule has 1 saturated heterocycles. The van der Waals surface area contributed by atoms with Gasteiger partial charge in [-0.05, 0) is 30.9 Å². The standard InChI is InChI=1S/C25H28N4O2/c1-19-23(24(30)31-18-21-10-6-3-7-11-21)16-26-25(27-19)28-22-12-14-29(15-13-22)17-20-8-4-2-5-9-20/h2-11,16,22H,12-15,17-18H2,1H3,(H,26,27,28). The summed E-state index contributed by atoms with van der Waals surface area (Å²) >= 11 is 0. The fourth-order valence-corrected chi connectivity index (χ4v) is 3.80. The topological polar surface area (TPSA) is 67.4 Å². The molecule has 0 bridgehead atoms. The Labute approximate surface area is 183 Å². The van der Waals surface area contributed by atoms with E-state index in [4.69, 9.17) is 4.74 Å². The van der Waals surface area contributed by atoms with Gasteiger partial charge in [0, 0.05) is 31.9 Å². The van der Waals surface area contributed by atoms with Crippen molar-refractivity contribution in [3.8, 4) is 0 Å². The van der Waals surface area contributed by atoms with Gasteiger partial charge in [0.05, 0.1) is 11.3 Å². The molecule has 1 aliphatic heterocycles. The zero-order chi connectivity index (χ0) is 21.5. The molecule has 0 aliphatic carbocycles. The van der Waals surface area contributed by atoms with Gasteiger partial charge in [-0.15, -0.1) is 0 Å². The lowest BCUT2D eigenvalue weighted by molar-refractivity contribution is 0.0471. The summed E-state index contributed by atoms with van der Waals surface area (Å²) in [5.41, 5.74) is 3.32. The van der Waals surface area contributed by atoms with Crippen LogP contribution in [0.1, 0.15) is 40.0 Å². The van der Waals surface area contributed by atoms with Crippen molar-refractivity contribution in [1.29, 1.82) is 0 Å². The molecule has 6 nitrogen and oxygen atoms in total. The van der Waals surface area contributed by atoms with E-state index in [2.05, 4.69) is 50.5 Å². The minimum atomic E-state index is -0.401. The lowest BCUT2D eigenvalue weighted by Crippen LogP contribution is -2.39. The number of rotatable bonds is 7. The zero-order valence-electron chi connectivity index (χ0n) is 17.8. The van der Waals surface area contributed by atoms with Gasteiger partial charge in [0.1, 0.15) is 6.61 Å². The van der Waals surface area contributed by atoms with E-state index in [9.17, 15) is 4.79 Å². The molecule has 31 heavy (non-hydrogen) atoms. The first-order chi connectivity index (χ1) is 15.2. The maximum atomic E-state index is 12.4. The molecule has 1 N–H and O–H groups in total. The molecule has 0 radical (unpaired) electrons. The number of benzene rings is 2. The molecular weight excluding hydrogens is 388 g/mol. The number of carbonyl (C=O) groups is 1. The number of hydrogen-bond donors (Lipinski definition) is 1. The predicted octanol–water partition coefficient (Wildman–Crippen LogP) is 4.22. The summed E-state index contributed by atoms with van der Waals surface area (Å²) in [5, 5.41) is 3.43. The number of ether oxygens (including phenoxy) is 1. The van der Waals surface area contributed by atoms with Crippen LogP contribution < -0.4 is 5.32 Å². The van der Waals surface area contributed by atoms with Crippen molar-refractivity contribution in [2.75, 3.05) is 18.4 Å². The SMILES string of the molecule is Cc1nc(NC2CCN(Cc3ccccc3)CC2)ncc1C(=O)OCc1ccccc1. The molecule has 1 aromatic heterocycles. The molecule has 2 heterocycles. The summed E-state index contributed by atoms with van der Waals surface area (Å²) in [4.78, 5) is 23.7. The lowest BCUT2D eigenvalue weighted by atomic mass is 10.0. The number of aryl methyl sites for hydroxylation is 1. The van der Waals surface area contributed by atoms with E-state index < -0.39 is 5.97 Å². The van der Waals surface area contributed by atoms with Crippen LogP contribution in [0.5, 0.6) is 0 Å². The first-order valence-electron chi connectivity index (χ1n) is 10.7. The van der Waals surface area contributed by atoms with Gasteiger partial charge in [0.2, 0.25) is 5.95 Å². The number of esters is 1. The molecule has 3 aromatic rings. The number of hydrogen-bond acceptors (Lipinski definition) is 6. The molecule has 6 heteroatoms. The third kappa shape index (κ3) is 5.89. The van der Waals surface area contributed by atoms with Gasteiger partial charge in [-0.1, -0.05) is 60.7 Å². The number of anilines is 1. The van der Waals surface area contributed by atoms with Crippen LogP contribution in [0.15, 0.2) is 66.9 Å². The quantitative estimate of drug-likeness (QED) is 0.582. The van der Waals surface area contributed by atoms with Crippen molar-refractivity contribution in [3.05, 3.63) is 89.2 Å². The van der Waals surface area contributed by atoms with Gasteiger partial charge in [-0.2, -0.15) is 0 Å². The fourth-order valence-electron chi connectivity index (χ4n) is 3.80. The Morgan fingerprint density at radius 1 is 1.03 bits per heavy atom. The molecule has 1 fully saturated rings. The summed E-state index contributed by atoms with van der Waals surface area (Å²) < 4.78 is 5.40. The zero-order valence-corrected chi connectivity index (χ0v) is 17.8. The number of aromatic nitrogens is 2. The second kappa shape index (κ2) is 10.2. The van der Waals surface area contributed by atoms with E-state index in [1.807, 2.05) is 37.3 Å². The third-order valence-electron chi connectivity index (χ3n) is 5.58. The van der Waals surface area contributed by atoms with E-state index >= 15 is 0 Å². The molecule has 0 amide bonds. The number of likely N-dealkylation sites (tertiary alicyclic amines) is 1. The minimum Gasteiger partial charge on any atom is -0.457 e. The number of piperidine rings is 1. The Morgan fingerprint density at radius 2 is 1.68 bits per heavy atom. The second-order valence-electron chi connectivity index (χ2n) is 7.93. The molecule has 160 valence electrons. The van der Waals surface area contributed by atoms with E-state index in [-0.39, 0.29) is 6.61 Å². The molecule has 0 atom stereocenters. The fraction of sp³-hybridized carbons (Fsp3) is 0.320. The second-order valence-corrected chi connectivity index (χ2v) is 7.93. The van der Waals surface area contributed by atoms with Crippen molar-refractivity contribution in [3.63, 3.8) is 0 Å². The maximum Gasteiger partial charge on any atom is 0.341 e. The summed E-state index contributed by atoms with van der Waals surface area (Å²) in [6.07, 6.45) is 3.63. The monoisotopic (exact) mass is 416 g/mol. The average molecular weight is 417 g/mol. The first kappa shape index (κ1) is 21.0. The molecular formula is C25H28N4O2. The van der Waals surface area contributed by atoms with E-state index in [0.717, 1.165) is 38.0 Å². The Bertz CT molecular complexity index is 987. The van der Waals surface area contributed by atoms with Gasteiger partial charge >= 0.3 is 5.97 Å². The van der Waals surface area contributed by atoms with Gasteiger partial charge in [-0.3, -0.25) is 4.90 Å². The van der Waals surface area contributed by atoms with E-state index in [1.165, 1.54) is 5.56 Å². The van der Waals surface area contributed by atoms with Crippen LogP contribution >= 0.6 is 0 Å². The third-order valence-corrected chi connectivity index (χ3v) is 5.58. The van der Waals surface area contributed by atoms with Gasteiger partial charge < -0.3 is 10.1 Å². The number of carbonyl (C=O) groups excluding carboxylic acids is 1. The van der Waals surface area contributed by atoms with Crippen LogP contribution in [0.2, 0.25) is 0 Å². The highest BCUT2D eigenvalue weighted by molar-refractivity contribution is 5.90. The van der Waals surface area contributed by atoms with E-state index in [1.54, 1.807) is 6.20 Å². The Morgan fingerprint density at radius 3 is 2.32 bits per heavy atom. The summed E-state index contributed by atoms with van der Waals surface area (Å²) in [7, 11) is 0. The molecule has 2 aromatic carbocycles. The van der Waals surface area contributed by atoms with Crippen molar-refractivity contribution in [2.24, 2.45) is 0 Å². The first-order valence-corrected chi connectivity index (χ1v) is 10.7. The van der Waals surface area contributed by atoms with Crippen molar-refractivity contribution in [2.45, 2.75) is 39.0 Å². The van der Waals surface area contributed by atoms with Crippen LogP contribution in [0.4, 0.5) is 5.95 Å². The van der Waals surface area contributed by atoms with E-state index in [0.29, 0.717) is 23.2 Å². The van der Waals surface area contributed by atoms with Crippen LogP contribution in [-0.2, 0) is 17.9 Å². The molecule has 4 rings (SSSR count). The smallest absolute Gasteiger partial charge is 0.341 e. The van der Waals surface area contributed by atoms with Gasteiger partial charge in [0.15, 0.2) is 0 Å². The number of nitrogens with zero attached hydrogens (tertiary/aromatic N) is 3. The van der Waals surface area contributed by atoms with Crippen molar-refractivity contribution < 1.29 is 9.53 Å². The highest BCUT2D eigenvalue weighted by atomic mass is 16.5. The molecule has 0 spiro atoms.